The van der Waals surface area contributed by atoms with Gasteiger partial charge in [-0.3, -0.25) is 0 Å². The van der Waals surface area contributed by atoms with Crippen molar-refractivity contribution in [2.24, 2.45) is 0 Å². The first-order valence-corrected chi connectivity index (χ1v) is 1.66. The van der Waals surface area contributed by atoms with Gasteiger partial charge in [-0.25, -0.2) is 0 Å². The summed E-state index contributed by atoms with van der Waals surface area (Å²) in [6, 6.07) is 0. The van der Waals surface area contributed by atoms with Gasteiger partial charge in [0.05, 0.1) is 0 Å². The summed E-state index contributed by atoms with van der Waals surface area (Å²) in [4.78, 5) is 10.2. The Morgan fingerprint density at radius 3 is 2.86 bits per heavy atom. The molecule has 7 heavy (non-hydrogen) atoms. The number of rotatable bonds is 3. The summed E-state index contributed by atoms with van der Waals surface area (Å²) in [5, 5.41) is 10.2. The van der Waals surface area contributed by atoms with Crippen molar-refractivity contribution in [1.29, 1.82) is 3.70 Å². The summed E-state index contributed by atoms with van der Waals surface area (Å²) in [6.45, 7) is 0. The molecule has 2 nitrogen and oxygen atoms in total. The summed E-state index contributed by atoms with van der Waals surface area (Å²) in [7, 11) is -4.80. The predicted molar refractivity (Wildman–Crippen MR) is 24.4 cm³/mol. The van der Waals surface area contributed by atoms with Gasteiger partial charge in [0, 0.05) is 25.2 Å². The topological polar surface area (TPSA) is 40.1 Å². The van der Waals surface area contributed by atoms with E-state index in [-0.39, 0.29) is 29.6 Å². The Kier molecular flexibility index (Phi) is 2.04. The molecule has 0 bridgehead atoms. The molecular formula is C3H7NaO2Si. The van der Waals surface area contributed by atoms with Crippen molar-refractivity contribution in [3.05, 3.63) is 0 Å². The molecule has 0 aliphatic carbocycles. The minimum absolute atomic E-state index is 0. The van der Waals surface area contributed by atoms with Crippen molar-refractivity contribution in [1.82, 2.24) is 0 Å². The zero-order valence-electron chi connectivity index (χ0n) is 10.8. The Labute approximate surface area is 77.3 Å². The predicted octanol–water partition coefficient (Wildman–Crippen LogP) is -5.09. The van der Waals surface area contributed by atoms with E-state index >= 15 is 0 Å². The fourth-order valence-electron chi connectivity index (χ4n) is 0.0510. The maximum Gasteiger partial charge on any atom is 1.00 e. The van der Waals surface area contributed by atoms with Gasteiger partial charge in [0.1, 0.15) is 0 Å². The molecule has 0 radical (unpaired) electrons. The SMILES string of the molecule is [2H]C([2H])(C(=O)[O-])C([2H])([2H])[Si]([2H])([2H])[2H].[Na+]. The standard InChI is InChI=1S/C3H8O2Si.Na/c4-3(5)1-2-6;/h1-2H2,6H3,(H,4,5);/q;+1/p-1/i1D2,2D2,6D3;. The second-order valence-electron chi connectivity index (χ2n) is 0.537. The zero-order chi connectivity index (χ0) is 11.1. The van der Waals surface area contributed by atoms with Gasteiger partial charge in [-0.1, -0.05) is 6.00 Å². The minimum atomic E-state index is -4.80. The van der Waals surface area contributed by atoms with Crippen LogP contribution in [-0.2, 0) is 4.79 Å². The molecule has 0 rings (SSSR count). The third kappa shape index (κ3) is 10.8. The molecule has 0 heterocycles. The van der Waals surface area contributed by atoms with Gasteiger partial charge < -0.3 is 9.90 Å². The van der Waals surface area contributed by atoms with Gasteiger partial charge in [0.25, 0.3) is 0 Å². The maximum absolute atomic E-state index is 10.2. The third-order valence-electron chi connectivity index (χ3n) is 0.165. The van der Waals surface area contributed by atoms with E-state index in [4.69, 9.17) is 9.19 Å². The number of aliphatic carboxylic acids is 1. The quantitative estimate of drug-likeness (QED) is 0.361. The van der Waals surface area contributed by atoms with Gasteiger partial charge in [-0.2, -0.15) is 0 Å². The molecule has 0 spiro atoms. The summed E-state index contributed by atoms with van der Waals surface area (Å²) >= 11 is 0. The van der Waals surface area contributed by atoms with E-state index in [1.165, 1.54) is 0 Å². The number of carbonyl (C=O) groups excluding carboxylic acids is 1. The van der Waals surface area contributed by atoms with E-state index in [1.807, 2.05) is 0 Å². The van der Waals surface area contributed by atoms with E-state index in [1.54, 1.807) is 0 Å². The molecule has 0 atom stereocenters. The number of hydrogen-bond acceptors (Lipinski definition) is 2. The van der Waals surface area contributed by atoms with Gasteiger partial charge >= 0.3 is 29.6 Å². The van der Waals surface area contributed by atoms with Crippen molar-refractivity contribution < 1.29 is 44.9 Å². The number of carboxylic acids is 1. The second-order valence-corrected chi connectivity index (χ2v) is 0.787. The molecule has 0 amide bonds. The molecule has 0 fully saturated rings. The van der Waals surface area contributed by atoms with Gasteiger partial charge in [-0.05, 0) is 6.37 Å². The molecule has 0 aliphatic heterocycles. The Bertz CT molecular complexity index is 225. The first-order valence-electron chi connectivity index (χ1n) is 4.66. The van der Waals surface area contributed by atoms with Crippen LogP contribution in [0.2, 0.25) is 6.00 Å². The van der Waals surface area contributed by atoms with Gasteiger partial charge in [0.2, 0.25) is 0 Å². The van der Waals surface area contributed by atoms with Crippen LogP contribution in [0.4, 0.5) is 0 Å². The van der Waals surface area contributed by atoms with Gasteiger partial charge in [0.15, 0.2) is 0 Å². The largest absolute Gasteiger partial charge is 1.00 e. The minimum Gasteiger partial charge on any atom is -0.550 e. The molecular weight excluding hydrogens is 119 g/mol. The molecule has 0 unspecified atom stereocenters. The monoisotopic (exact) mass is 133 g/mol. The first kappa shape index (κ1) is 2.14. The van der Waals surface area contributed by atoms with Crippen LogP contribution in [0.1, 0.15) is 11.9 Å². The normalized spacial score (nSPS) is 27.7. The van der Waals surface area contributed by atoms with E-state index < -0.39 is 28.4 Å². The summed E-state index contributed by atoms with van der Waals surface area (Å²) < 4.78 is 47.5. The number of carboxylic acid groups (broad SMARTS) is 1. The molecule has 0 aromatic carbocycles. The van der Waals surface area contributed by atoms with Crippen LogP contribution in [0.25, 0.3) is 0 Å². The molecule has 0 aromatic rings. The first-order chi connectivity index (χ1) is 5.44. The fourth-order valence-corrected chi connectivity index (χ4v) is 0.153. The van der Waals surface area contributed by atoms with Crippen LogP contribution in [0.15, 0.2) is 0 Å². The average Bonchev–Trinajstić information content (AvgIpc) is 1.84. The second kappa shape index (κ2) is 6.69. The summed E-state index contributed by atoms with van der Waals surface area (Å²) in [6.07, 6.45) is -3.48. The van der Waals surface area contributed by atoms with Crippen LogP contribution in [0.3, 0.4) is 0 Å². The third-order valence-corrected chi connectivity index (χ3v) is 0.290. The van der Waals surface area contributed by atoms with E-state index in [0.717, 1.165) is 0 Å². The molecule has 0 N–H and O–H groups in total. The van der Waals surface area contributed by atoms with Crippen LogP contribution >= 0.6 is 0 Å². The number of hydrogen-bond donors (Lipinski definition) is 0. The smallest absolute Gasteiger partial charge is 0.550 e. The average molecular weight is 133 g/mol. The Morgan fingerprint density at radius 2 is 2.71 bits per heavy atom. The number of carbonyl (C=O) groups is 1. The van der Waals surface area contributed by atoms with E-state index in [2.05, 4.69) is 0 Å². The Balaban J connectivity index is 0. The Morgan fingerprint density at radius 1 is 2.14 bits per heavy atom. The van der Waals surface area contributed by atoms with Gasteiger partial charge in [-0.15, -0.1) is 0 Å². The molecule has 0 saturated heterocycles. The van der Waals surface area contributed by atoms with Crippen molar-refractivity contribution in [3.63, 3.8) is 0 Å². The molecule has 0 aliphatic rings. The van der Waals surface area contributed by atoms with E-state index in [0.29, 0.717) is 0 Å². The molecule has 4 heteroatoms. The molecule has 0 saturated carbocycles. The zero-order valence-corrected chi connectivity index (χ0v) is 6.82. The fraction of sp³-hybridized carbons (Fsp3) is 0.667. The summed E-state index contributed by atoms with van der Waals surface area (Å²) in [5.41, 5.74) is 0. The maximum atomic E-state index is 10.2. The van der Waals surface area contributed by atoms with Crippen molar-refractivity contribution in [2.75, 3.05) is 0 Å². The van der Waals surface area contributed by atoms with Crippen molar-refractivity contribution in [3.8, 4) is 0 Å². The van der Waals surface area contributed by atoms with Crippen LogP contribution < -0.4 is 34.7 Å². The van der Waals surface area contributed by atoms with Crippen molar-refractivity contribution in [2.45, 2.75) is 12.4 Å². The molecule has 36 valence electrons. The van der Waals surface area contributed by atoms with Crippen LogP contribution in [-0.4, -0.2) is 19.7 Å². The van der Waals surface area contributed by atoms with Crippen LogP contribution in [0.5, 0.6) is 0 Å². The van der Waals surface area contributed by atoms with E-state index in [9.17, 15) is 9.90 Å². The molecule has 0 aromatic heterocycles. The summed E-state index contributed by atoms with van der Waals surface area (Å²) in [5.74, 6) is -5.68. The van der Waals surface area contributed by atoms with Crippen LogP contribution in [0, 0.1) is 0 Å². The Hall–Kier alpha value is 0.687. The van der Waals surface area contributed by atoms with Crippen molar-refractivity contribution >= 4 is 16.0 Å².